The summed E-state index contributed by atoms with van der Waals surface area (Å²) in [5.74, 6) is -0.266. The molecule has 0 amide bonds. The first kappa shape index (κ1) is 19.3. The van der Waals surface area contributed by atoms with Crippen molar-refractivity contribution in [2.45, 2.75) is 38.0 Å². The van der Waals surface area contributed by atoms with Crippen LogP contribution in [0.2, 0.25) is 0 Å². The number of aromatic nitrogens is 1. The van der Waals surface area contributed by atoms with E-state index in [0.29, 0.717) is 23.5 Å². The van der Waals surface area contributed by atoms with E-state index in [0.717, 1.165) is 12.8 Å². The molecule has 1 atom stereocenters. The maximum absolute atomic E-state index is 13.6. The number of rotatable bonds is 7. The van der Waals surface area contributed by atoms with E-state index in [1.54, 1.807) is 18.2 Å². The largest absolute Gasteiger partial charge is 0.373 e. The number of hydrogen-bond acceptors (Lipinski definition) is 5. The molecule has 0 aliphatic carbocycles. The number of nitrogens with two attached hydrogens (primary N) is 1. The van der Waals surface area contributed by atoms with E-state index in [-0.39, 0.29) is 36.8 Å². The lowest BCUT2D eigenvalue weighted by Crippen LogP contribution is -2.41. The molecule has 2 heterocycles. The molecule has 1 aromatic carbocycles. The molecule has 2 N–H and O–H groups in total. The van der Waals surface area contributed by atoms with Gasteiger partial charge in [0, 0.05) is 25.2 Å². The van der Waals surface area contributed by atoms with Crippen LogP contribution in [0.1, 0.15) is 41.4 Å². The normalized spacial score (nSPS) is 17.7. The third-order valence-electron chi connectivity index (χ3n) is 4.71. The summed E-state index contributed by atoms with van der Waals surface area (Å²) < 4.78 is 45.7. The van der Waals surface area contributed by atoms with Crippen LogP contribution < -0.4 is 5.73 Å². The zero-order valence-corrected chi connectivity index (χ0v) is 15.1. The summed E-state index contributed by atoms with van der Waals surface area (Å²) in [5.41, 5.74) is 7.70. The van der Waals surface area contributed by atoms with Crippen molar-refractivity contribution in [3.8, 4) is 0 Å². The van der Waals surface area contributed by atoms with Crippen molar-refractivity contribution in [2.75, 3.05) is 19.6 Å². The van der Waals surface area contributed by atoms with Gasteiger partial charge in [-0.05, 0) is 18.9 Å². The van der Waals surface area contributed by atoms with Crippen molar-refractivity contribution in [1.82, 2.24) is 9.88 Å². The quantitative estimate of drug-likeness (QED) is 0.785. The van der Waals surface area contributed by atoms with E-state index in [2.05, 4.69) is 9.88 Å². The Morgan fingerprint density at radius 1 is 1.27 bits per heavy atom. The number of nitrogens with zero attached hydrogens (tertiary/aromatic N) is 2. The van der Waals surface area contributed by atoms with E-state index in [1.807, 2.05) is 0 Å². The van der Waals surface area contributed by atoms with Crippen LogP contribution in [0.3, 0.4) is 0 Å². The van der Waals surface area contributed by atoms with Crippen molar-refractivity contribution in [3.05, 3.63) is 51.7 Å². The monoisotopic (exact) mass is 385 g/mol. The van der Waals surface area contributed by atoms with Gasteiger partial charge in [-0.25, -0.2) is 18.2 Å². The molecule has 1 aliphatic rings. The molecule has 26 heavy (non-hydrogen) atoms. The number of benzene rings is 1. The SMILES string of the molecule is NCC(c1scnc1C(F)F)N1CCC(OCc2ccccc2F)CC1. The molecule has 8 heteroatoms. The molecule has 142 valence electrons. The molecular formula is C18H22F3N3OS. The minimum atomic E-state index is -2.59. The van der Waals surface area contributed by atoms with Gasteiger partial charge in [0.25, 0.3) is 6.43 Å². The van der Waals surface area contributed by atoms with Gasteiger partial charge >= 0.3 is 0 Å². The molecule has 0 radical (unpaired) electrons. The van der Waals surface area contributed by atoms with Gasteiger partial charge in [-0.2, -0.15) is 0 Å². The molecule has 4 nitrogen and oxygen atoms in total. The van der Waals surface area contributed by atoms with E-state index in [9.17, 15) is 13.2 Å². The van der Waals surface area contributed by atoms with Crippen molar-refractivity contribution in [1.29, 1.82) is 0 Å². The van der Waals surface area contributed by atoms with Crippen molar-refractivity contribution in [3.63, 3.8) is 0 Å². The fourth-order valence-electron chi connectivity index (χ4n) is 3.28. The van der Waals surface area contributed by atoms with Crippen LogP contribution in [0, 0.1) is 5.82 Å². The molecule has 1 aromatic heterocycles. The first-order valence-corrected chi connectivity index (χ1v) is 9.48. The smallest absolute Gasteiger partial charge is 0.281 e. The molecule has 1 unspecified atom stereocenters. The third kappa shape index (κ3) is 4.43. The molecule has 1 aliphatic heterocycles. The highest BCUT2D eigenvalue weighted by Gasteiger charge is 2.30. The summed E-state index contributed by atoms with van der Waals surface area (Å²) in [6.45, 7) is 1.90. The van der Waals surface area contributed by atoms with Gasteiger partial charge in [0.15, 0.2) is 0 Å². The molecule has 2 aromatic rings. The van der Waals surface area contributed by atoms with E-state index in [1.165, 1.54) is 22.9 Å². The number of alkyl halides is 2. The second-order valence-corrected chi connectivity index (χ2v) is 7.18. The van der Waals surface area contributed by atoms with Gasteiger partial charge in [-0.15, -0.1) is 11.3 Å². The van der Waals surface area contributed by atoms with Gasteiger partial charge in [0.05, 0.1) is 29.1 Å². The van der Waals surface area contributed by atoms with Crippen LogP contribution in [-0.4, -0.2) is 35.6 Å². The highest BCUT2D eigenvalue weighted by Crippen LogP contribution is 2.34. The van der Waals surface area contributed by atoms with Gasteiger partial charge in [0.1, 0.15) is 11.5 Å². The lowest BCUT2D eigenvalue weighted by molar-refractivity contribution is -0.0115. The highest BCUT2D eigenvalue weighted by atomic mass is 32.1. The van der Waals surface area contributed by atoms with Crippen molar-refractivity contribution in [2.24, 2.45) is 5.73 Å². The number of ether oxygens (including phenoxy) is 1. The Hall–Kier alpha value is -1.48. The second-order valence-electron chi connectivity index (χ2n) is 6.29. The van der Waals surface area contributed by atoms with Crippen LogP contribution in [0.15, 0.2) is 29.8 Å². The third-order valence-corrected chi connectivity index (χ3v) is 5.65. The van der Waals surface area contributed by atoms with E-state index in [4.69, 9.17) is 10.5 Å². The summed E-state index contributed by atoms with van der Waals surface area (Å²) in [5, 5.41) is 0. The number of thiazole rings is 1. The topological polar surface area (TPSA) is 51.4 Å². The standard InChI is InChI=1S/C18H22F3N3OS/c19-14-4-2-1-3-12(14)10-25-13-5-7-24(8-6-13)15(9-22)17-16(18(20)21)23-11-26-17/h1-4,11,13,15,18H,5-10,22H2. The van der Waals surface area contributed by atoms with Crippen LogP contribution >= 0.6 is 11.3 Å². The zero-order chi connectivity index (χ0) is 18.5. The average molecular weight is 385 g/mol. The Morgan fingerprint density at radius 3 is 2.65 bits per heavy atom. The first-order chi connectivity index (χ1) is 12.6. The number of halogens is 3. The Labute approximate surface area is 154 Å². The molecule has 1 saturated heterocycles. The van der Waals surface area contributed by atoms with Gasteiger partial charge in [-0.3, -0.25) is 4.90 Å². The first-order valence-electron chi connectivity index (χ1n) is 8.60. The molecular weight excluding hydrogens is 363 g/mol. The zero-order valence-electron chi connectivity index (χ0n) is 14.3. The lowest BCUT2D eigenvalue weighted by Gasteiger charge is -2.36. The molecule has 0 spiro atoms. The Balaban J connectivity index is 1.55. The maximum Gasteiger partial charge on any atom is 0.281 e. The summed E-state index contributed by atoms with van der Waals surface area (Å²) >= 11 is 1.23. The highest BCUT2D eigenvalue weighted by molar-refractivity contribution is 7.09. The number of likely N-dealkylation sites (tertiary alicyclic amines) is 1. The summed E-state index contributed by atoms with van der Waals surface area (Å²) in [7, 11) is 0. The summed E-state index contributed by atoms with van der Waals surface area (Å²) in [6.07, 6.45) is -1.05. The average Bonchev–Trinajstić information content (AvgIpc) is 3.12. The Bertz CT molecular complexity index is 704. The predicted octanol–water partition coefficient (Wildman–Crippen LogP) is 3.90. The maximum atomic E-state index is 13.6. The van der Waals surface area contributed by atoms with Crippen molar-refractivity contribution < 1.29 is 17.9 Å². The van der Waals surface area contributed by atoms with Gasteiger partial charge in [0.2, 0.25) is 0 Å². The summed E-state index contributed by atoms with van der Waals surface area (Å²) in [4.78, 5) is 6.45. The van der Waals surface area contributed by atoms with Crippen LogP contribution in [0.4, 0.5) is 13.2 Å². The van der Waals surface area contributed by atoms with Gasteiger partial charge in [-0.1, -0.05) is 18.2 Å². The Morgan fingerprint density at radius 2 is 2.00 bits per heavy atom. The van der Waals surface area contributed by atoms with E-state index < -0.39 is 6.43 Å². The predicted molar refractivity (Wildman–Crippen MR) is 94.7 cm³/mol. The minimum Gasteiger partial charge on any atom is -0.373 e. The Kier molecular flexibility index (Phi) is 6.63. The molecule has 3 rings (SSSR count). The molecule has 1 fully saturated rings. The number of piperidine rings is 1. The van der Waals surface area contributed by atoms with Crippen molar-refractivity contribution >= 4 is 11.3 Å². The minimum absolute atomic E-state index is 0.0281. The van der Waals surface area contributed by atoms with Crippen LogP contribution in [-0.2, 0) is 11.3 Å². The fourth-order valence-corrected chi connectivity index (χ4v) is 4.22. The van der Waals surface area contributed by atoms with Gasteiger partial charge < -0.3 is 10.5 Å². The fraction of sp³-hybridized carbons (Fsp3) is 0.500. The molecule has 0 bridgehead atoms. The van der Waals surface area contributed by atoms with Crippen LogP contribution in [0.5, 0.6) is 0 Å². The second kappa shape index (κ2) is 8.94. The summed E-state index contributed by atoms with van der Waals surface area (Å²) in [6, 6.07) is 6.32. The van der Waals surface area contributed by atoms with Crippen LogP contribution in [0.25, 0.3) is 0 Å². The molecule has 0 saturated carbocycles. The number of hydrogen-bond donors (Lipinski definition) is 1. The lowest BCUT2D eigenvalue weighted by atomic mass is 10.0. The van der Waals surface area contributed by atoms with E-state index >= 15 is 0 Å².